The highest BCUT2D eigenvalue weighted by molar-refractivity contribution is 6.35. The lowest BCUT2D eigenvalue weighted by molar-refractivity contribution is 0.154. The van der Waals surface area contributed by atoms with Gasteiger partial charge in [-0.2, -0.15) is 0 Å². The minimum absolute atomic E-state index is 0.354. The average molecular weight is 321 g/mol. The molecule has 3 rings (SSSR count). The van der Waals surface area contributed by atoms with Crippen LogP contribution in [0, 0.1) is 0 Å². The summed E-state index contributed by atoms with van der Waals surface area (Å²) < 4.78 is 0. The normalized spacial score (nSPS) is 19.6. The zero-order valence-electron chi connectivity index (χ0n) is 11.7. The summed E-state index contributed by atoms with van der Waals surface area (Å²) in [5, 5.41) is 4.96. The molecule has 0 saturated carbocycles. The first-order chi connectivity index (χ1) is 10.3. The molecule has 110 valence electrons. The third-order valence-corrected chi connectivity index (χ3v) is 4.67. The maximum atomic E-state index is 6.32. The van der Waals surface area contributed by atoms with E-state index in [1.54, 1.807) is 0 Å². The molecule has 2 aromatic rings. The van der Waals surface area contributed by atoms with E-state index in [1.165, 1.54) is 5.56 Å². The van der Waals surface area contributed by atoms with Gasteiger partial charge in [-0.25, -0.2) is 0 Å². The Kier molecular flexibility index (Phi) is 4.81. The molecule has 1 aliphatic rings. The lowest BCUT2D eigenvalue weighted by Gasteiger charge is -2.37. The van der Waals surface area contributed by atoms with Gasteiger partial charge in [0, 0.05) is 47.8 Å². The van der Waals surface area contributed by atoms with Crippen LogP contribution in [0.3, 0.4) is 0 Å². The molecule has 0 aliphatic carbocycles. The maximum Gasteiger partial charge on any atom is 0.0476 e. The Hall–Kier alpha value is -1.06. The van der Waals surface area contributed by atoms with Gasteiger partial charge in [0.1, 0.15) is 0 Å². The first-order valence-electron chi connectivity index (χ1n) is 7.18. The van der Waals surface area contributed by atoms with E-state index in [9.17, 15) is 0 Å². The van der Waals surface area contributed by atoms with Crippen LogP contribution in [0.1, 0.15) is 17.2 Å². The summed E-state index contributed by atoms with van der Waals surface area (Å²) in [5.41, 5.74) is 2.34. The zero-order valence-corrected chi connectivity index (χ0v) is 13.2. The minimum Gasteiger partial charge on any atom is -0.314 e. The van der Waals surface area contributed by atoms with Crippen LogP contribution in [0.15, 0.2) is 48.5 Å². The van der Waals surface area contributed by atoms with E-state index in [4.69, 9.17) is 23.2 Å². The molecule has 1 saturated heterocycles. The van der Waals surface area contributed by atoms with Crippen LogP contribution in [0.25, 0.3) is 0 Å². The Bertz CT molecular complexity index is 581. The second-order valence-corrected chi connectivity index (χ2v) is 6.12. The Labute approximate surface area is 135 Å². The SMILES string of the molecule is Clc1cccc(Cl)c1CN1CCNCC1c1ccccc1. The van der Waals surface area contributed by atoms with Gasteiger partial charge in [-0.3, -0.25) is 4.90 Å². The van der Waals surface area contributed by atoms with Crippen molar-refractivity contribution in [3.05, 3.63) is 69.7 Å². The molecule has 2 aromatic carbocycles. The second kappa shape index (κ2) is 6.80. The highest BCUT2D eigenvalue weighted by atomic mass is 35.5. The molecular weight excluding hydrogens is 303 g/mol. The molecule has 1 aliphatic heterocycles. The van der Waals surface area contributed by atoms with Gasteiger partial charge < -0.3 is 5.32 Å². The zero-order chi connectivity index (χ0) is 14.7. The number of rotatable bonds is 3. The molecule has 0 aromatic heterocycles. The average Bonchev–Trinajstić information content (AvgIpc) is 2.52. The van der Waals surface area contributed by atoms with Crippen molar-refractivity contribution in [2.45, 2.75) is 12.6 Å². The van der Waals surface area contributed by atoms with E-state index in [1.807, 2.05) is 18.2 Å². The first-order valence-corrected chi connectivity index (χ1v) is 7.94. The predicted molar refractivity (Wildman–Crippen MR) is 88.9 cm³/mol. The van der Waals surface area contributed by atoms with Gasteiger partial charge in [-0.05, 0) is 17.7 Å². The summed E-state index contributed by atoms with van der Waals surface area (Å²) in [6, 6.07) is 16.6. The molecule has 4 heteroatoms. The van der Waals surface area contributed by atoms with Crippen LogP contribution in [-0.4, -0.2) is 24.5 Å². The van der Waals surface area contributed by atoms with E-state index in [-0.39, 0.29) is 0 Å². The number of hydrogen-bond acceptors (Lipinski definition) is 2. The number of nitrogens with zero attached hydrogens (tertiary/aromatic N) is 1. The summed E-state index contributed by atoms with van der Waals surface area (Å²) in [7, 11) is 0. The van der Waals surface area contributed by atoms with Gasteiger partial charge >= 0.3 is 0 Å². The molecule has 2 nitrogen and oxygen atoms in total. The molecular formula is C17H18Cl2N2. The quantitative estimate of drug-likeness (QED) is 0.914. The van der Waals surface area contributed by atoms with E-state index < -0.39 is 0 Å². The second-order valence-electron chi connectivity index (χ2n) is 5.30. The fraction of sp³-hybridized carbons (Fsp3) is 0.294. The van der Waals surface area contributed by atoms with Crippen molar-refractivity contribution >= 4 is 23.2 Å². The monoisotopic (exact) mass is 320 g/mol. The summed E-state index contributed by atoms with van der Waals surface area (Å²) in [4.78, 5) is 2.44. The van der Waals surface area contributed by atoms with Crippen molar-refractivity contribution in [2.24, 2.45) is 0 Å². The predicted octanol–water partition coefficient (Wildman–Crippen LogP) is 4.14. The van der Waals surface area contributed by atoms with Crippen molar-refractivity contribution in [2.75, 3.05) is 19.6 Å². The van der Waals surface area contributed by atoms with Crippen molar-refractivity contribution in [1.29, 1.82) is 0 Å². The Morgan fingerprint density at radius 3 is 2.43 bits per heavy atom. The molecule has 1 atom stereocenters. The standard InChI is InChI=1S/C17H18Cl2N2/c18-15-7-4-8-16(19)14(15)12-21-10-9-20-11-17(21)13-5-2-1-3-6-13/h1-8,17,20H,9-12H2. The summed E-state index contributed by atoms with van der Waals surface area (Å²) in [6.45, 7) is 3.71. The number of benzene rings is 2. The van der Waals surface area contributed by atoms with Crippen LogP contribution >= 0.6 is 23.2 Å². The molecule has 0 bridgehead atoms. The van der Waals surface area contributed by atoms with Crippen LogP contribution in [0.2, 0.25) is 10.0 Å². The molecule has 1 heterocycles. The molecule has 0 radical (unpaired) electrons. The van der Waals surface area contributed by atoms with Crippen LogP contribution in [0.4, 0.5) is 0 Å². The summed E-state index contributed by atoms with van der Waals surface area (Å²) >= 11 is 12.6. The number of halogens is 2. The minimum atomic E-state index is 0.354. The maximum absolute atomic E-state index is 6.32. The third kappa shape index (κ3) is 3.41. The number of hydrogen-bond donors (Lipinski definition) is 1. The first kappa shape index (κ1) is 14.9. The van der Waals surface area contributed by atoms with Gasteiger partial charge in [0.25, 0.3) is 0 Å². The van der Waals surface area contributed by atoms with Crippen LogP contribution in [-0.2, 0) is 6.54 Å². The lowest BCUT2D eigenvalue weighted by atomic mass is 10.0. The van der Waals surface area contributed by atoms with Crippen LogP contribution < -0.4 is 5.32 Å². The molecule has 0 amide bonds. The highest BCUT2D eigenvalue weighted by Crippen LogP contribution is 2.30. The van der Waals surface area contributed by atoms with E-state index in [2.05, 4.69) is 40.5 Å². The fourth-order valence-corrected chi connectivity index (χ4v) is 3.34. The largest absolute Gasteiger partial charge is 0.314 e. The third-order valence-electron chi connectivity index (χ3n) is 3.96. The van der Waals surface area contributed by atoms with Gasteiger partial charge in [0.2, 0.25) is 0 Å². The summed E-state index contributed by atoms with van der Waals surface area (Å²) in [6.07, 6.45) is 0. The van der Waals surface area contributed by atoms with E-state index in [0.29, 0.717) is 6.04 Å². The van der Waals surface area contributed by atoms with Crippen molar-refractivity contribution < 1.29 is 0 Å². The topological polar surface area (TPSA) is 15.3 Å². The fourth-order valence-electron chi connectivity index (χ4n) is 2.83. The van der Waals surface area contributed by atoms with E-state index >= 15 is 0 Å². The smallest absolute Gasteiger partial charge is 0.0476 e. The number of piperazine rings is 1. The van der Waals surface area contributed by atoms with E-state index in [0.717, 1.165) is 41.8 Å². The van der Waals surface area contributed by atoms with Crippen molar-refractivity contribution in [3.8, 4) is 0 Å². The van der Waals surface area contributed by atoms with Crippen LogP contribution in [0.5, 0.6) is 0 Å². The number of nitrogens with one attached hydrogen (secondary N) is 1. The summed E-state index contributed by atoms with van der Waals surface area (Å²) in [5.74, 6) is 0. The Morgan fingerprint density at radius 1 is 1.00 bits per heavy atom. The van der Waals surface area contributed by atoms with Gasteiger partial charge in [-0.15, -0.1) is 0 Å². The van der Waals surface area contributed by atoms with Gasteiger partial charge in [0.15, 0.2) is 0 Å². The molecule has 21 heavy (non-hydrogen) atoms. The highest BCUT2D eigenvalue weighted by Gasteiger charge is 2.24. The molecule has 0 spiro atoms. The molecule has 1 fully saturated rings. The van der Waals surface area contributed by atoms with Gasteiger partial charge in [0.05, 0.1) is 0 Å². The molecule has 1 N–H and O–H groups in total. The molecule has 1 unspecified atom stereocenters. The van der Waals surface area contributed by atoms with Crippen molar-refractivity contribution in [1.82, 2.24) is 10.2 Å². The Morgan fingerprint density at radius 2 is 1.71 bits per heavy atom. The lowest BCUT2D eigenvalue weighted by Crippen LogP contribution is -2.45. The van der Waals surface area contributed by atoms with Gasteiger partial charge in [-0.1, -0.05) is 59.6 Å². The van der Waals surface area contributed by atoms with Crippen molar-refractivity contribution in [3.63, 3.8) is 0 Å². The Balaban J connectivity index is 1.85.